The molecule has 0 radical (unpaired) electrons. The van der Waals surface area contributed by atoms with Crippen LogP contribution in [0, 0.1) is 0 Å². The summed E-state index contributed by atoms with van der Waals surface area (Å²) < 4.78 is 31.3. The molecule has 2 aromatic rings. The van der Waals surface area contributed by atoms with Crippen molar-refractivity contribution < 1.29 is 58.5 Å². The highest BCUT2D eigenvalue weighted by molar-refractivity contribution is 6.31. The number of alkyl halides is 1. The van der Waals surface area contributed by atoms with Crippen LogP contribution in [-0.4, -0.2) is 86.4 Å². The Hall–Kier alpha value is -3.42. The number of carbonyl (C=O) groups excluding carboxylic acids is 3. The SMILES string of the molecule is COc1cccc2c1C(=O)c1c(O)c3c(c(O)c1C2=O)C[C@@](O)(C(C)=O)CC3OC1OC(C)C(O)C(O)C1F. The number of carbonyl (C=O) groups is 3. The van der Waals surface area contributed by atoms with Gasteiger partial charge in [0.15, 0.2) is 24.0 Å². The van der Waals surface area contributed by atoms with Crippen molar-refractivity contribution in [2.45, 2.75) is 69.2 Å². The number of aliphatic hydroxyl groups excluding tert-OH is 2. The topological polar surface area (TPSA) is 180 Å². The minimum absolute atomic E-state index is 0.0595. The minimum atomic E-state index is -2.26. The molecule has 6 unspecified atom stereocenters. The molecular weight excluding hydrogens is 519 g/mol. The number of fused-ring (bicyclic) bond motifs is 3. The lowest BCUT2D eigenvalue weighted by molar-refractivity contribution is -0.294. The van der Waals surface area contributed by atoms with Crippen molar-refractivity contribution >= 4 is 17.3 Å². The second kappa shape index (κ2) is 9.35. The van der Waals surface area contributed by atoms with Crippen LogP contribution in [0.1, 0.15) is 69.3 Å². The van der Waals surface area contributed by atoms with Crippen LogP contribution in [0.2, 0.25) is 0 Å². The van der Waals surface area contributed by atoms with Gasteiger partial charge < -0.3 is 39.7 Å². The number of halogens is 1. The molecule has 12 heteroatoms. The van der Waals surface area contributed by atoms with Crippen LogP contribution in [0.3, 0.4) is 0 Å². The van der Waals surface area contributed by atoms with Gasteiger partial charge in [-0.15, -0.1) is 0 Å². The maximum atomic E-state index is 14.9. The predicted octanol–water partition coefficient (Wildman–Crippen LogP) is 1.01. The number of phenols is 2. The summed E-state index contributed by atoms with van der Waals surface area (Å²) >= 11 is 0. The van der Waals surface area contributed by atoms with E-state index in [4.69, 9.17) is 14.2 Å². The van der Waals surface area contributed by atoms with E-state index < -0.39 is 95.3 Å². The quantitative estimate of drug-likeness (QED) is 0.295. The Bertz CT molecular complexity index is 1400. The lowest BCUT2D eigenvalue weighted by Gasteiger charge is -2.42. The lowest BCUT2D eigenvalue weighted by Crippen LogP contribution is -2.56. The van der Waals surface area contributed by atoms with Crippen molar-refractivity contribution in [2.24, 2.45) is 0 Å². The van der Waals surface area contributed by atoms with Crippen LogP contribution in [0.15, 0.2) is 18.2 Å². The average Bonchev–Trinajstić information content (AvgIpc) is 2.90. The van der Waals surface area contributed by atoms with Crippen molar-refractivity contribution in [3.63, 3.8) is 0 Å². The van der Waals surface area contributed by atoms with Gasteiger partial charge in [0.2, 0.25) is 5.78 Å². The van der Waals surface area contributed by atoms with Crippen LogP contribution < -0.4 is 4.74 Å². The second-order valence-electron chi connectivity index (χ2n) is 10.1. The molecule has 0 bridgehead atoms. The zero-order valence-corrected chi connectivity index (χ0v) is 21.2. The number of hydrogen-bond donors (Lipinski definition) is 5. The fraction of sp³-hybridized carbons (Fsp3) is 0.444. The van der Waals surface area contributed by atoms with Gasteiger partial charge in [-0.3, -0.25) is 14.4 Å². The largest absolute Gasteiger partial charge is 0.507 e. The average molecular weight is 547 g/mol. The van der Waals surface area contributed by atoms with Gasteiger partial charge in [0.05, 0.1) is 36.0 Å². The third-order valence-corrected chi connectivity index (χ3v) is 7.80. The highest BCUT2D eigenvalue weighted by atomic mass is 19.1. The number of aromatic hydroxyl groups is 2. The van der Waals surface area contributed by atoms with Gasteiger partial charge in [-0.2, -0.15) is 0 Å². The molecular formula is C27H27FO11. The number of rotatable bonds is 4. The van der Waals surface area contributed by atoms with E-state index in [2.05, 4.69) is 0 Å². The van der Waals surface area contributed by atoms with E-state index in [1.54, 1.807) is 0 Å². The van der Waals surface area contributed by atoms with Crippen LogP contribution in [0.25, 0.3) is 0 Å². The molecule has 5 N–H and O–H groups in total. The summed E-state index contributed by atoms with van der Waals surface area (Å²) in [6, 6.07) is 4.29. The summed E-state index contributed by atoms with van der Waals surface area (Å²) in [7, 11) is 1.30. The Labute approximate surface area is 221 Å². The van der Waals surface area contributed by atoms with Gasteiger partial charge in [-0.05, 0) is 19.9 Å². The van der Waals surface area contributed by atoms with Crippen molar-refractivity contribution in [3.8, 4) is 17.2 Å². The molecule has 1 fully saturated rings. The molecule has 0 saturated carbocycles. The minimum Gasteiger partial charge on any atom is -0.507 e. The van der Waals surface area contributed by atoms with Crippen LogP contribution in [0.5, 0.6) is 17.2 Å². The zero-order chi connectivity index (χ0) is 28.5. The number of Topliss-reactive ketones (excluding diaryl/α,β-unsaturated/α-hetero) is 1. The van der Waals surface area contributed by atoms with Crippen molar-refractivity contribution in [1.82, 2.24) is 0 Å². The van der Waals surface area contributed by atoms with Gasteiger partial charge in [0.25, 0.3) is 0 Å². The van der Waals surface area contributed by atoms with Gasteiger partial charge in [-0.1, -0.05) is 12.1 Å². The molecule has 0 spiro atoms. The molecule has 2 aliphatic carbocycles. The number of aliphatic hydroxyl groups is 3. The molecule has 5 rings (SSSR count). The number of methoxy groups -OCH3 is 1. The molecule has 39 heavy (non-hydrogen) atoms. The van der Waals surface area contributed by atoms with Gasteiger partial charge in [0, 0.05) is 29.5 Å². The van der Waals surface area contributed by atoms with E-state index in [9.17, 15) is 44.3 Å². The normalized spacial score (nSPS) is 31.8. The molecule has 208 valence electrons. The van der Waals surface area contributed by atoms with Crippen LogP contribution in [0.4, 0.5) is 4.39 Å². The summed E-state index contributed by atoms with van der Waals surface area (Å²) in [5, 5.41) is 53.9. The van der Waals surface area contributed by atoms with E-state index in [1.807, 2.05) is 0 Å². The first-order chi connectivity index (χ1) is 18.3. The predicted molar refractivity (Wildman–Crippen MR) is 129 cm³/mol. The molecule has 2 aromatic carbocycles. The molecule has 1 aliphatic heterocycles. The van der Waals surface area contributed by atoms with Crippen molar-refractivity contribution in [3.05, 3.63) is 51.6 Å². The third kappa shape index (κ3) is 3.94. The number of hydrogen-bond acceptors (Lipinski definition) is 11. The Morgan fingerprint density at radius 2 is 1.74 bits per heavy atom. The standard InChI is InChI=1S/C27H27FO11/c1-9-20(30)25(35)19(28)26(38-9)39-14-8-27(36,10(2)29)7-12-16(14)24(34)18-17(22(12)32)21(31)11-5-4-6-13(37-3)15(11)23(18)33/h4-6,9,14,19-20,25-26,30,32,34-36H,7-8H2,1-3H3/t9?,14?,19?,20?,25?,26?,27-/m0/s1. The molecule has 11 nitrogen and oxygen atoms in total. The smallest absolute Gasteiger partial charge is 0.202 e. The van der Waals surface area contributed by atoms with Crippen molar-refractivity contribution in [1.29, 1.82) is 0 Å². The first-order valence-corrected chi connectivity index (χ1v) is 12.2. The fourth-order valence-corrected chi connectivity index (χ4v) is 5.57. The molecule has 1 saturated heterocycles. The van der Waals surface area contributed by atoms with Gasteiger partial charge >= 0.3 is 0 Å². The molecule has 0 aromatic heterocycles. The molecule has 7 atom stereocenters. The van der Waals surface area contributed by atoms with E-state index in [1.165, 1.54) is 32.2 Å². The zero-order valence-electron chi connectivity index (χ0n) is 21.2. The molecule has 1 heterocycles. The van der Waals surface area contributed by atoms with E-state index in [0.29, 0.717) is 0 Å². The van der Waals surface area contributed by atoms with Gasteiger partial charge in [0.1, 0.15) is 35.1 Å². The maximum absolute atomic E-state index is 14.9. The lowest BCUT2D eigenvalue weighted by atomic mass is 9.72. The Morgan fingerprint density at radius 3 is 2.38 bits per heavy atom. The summed E-state index contributed by atoms with van der Waals surface area (Å²) in [4.78, 5) is 39.5. The second-order valence-corrected chi connectivity index (χ2v) is 10.1. The van der Waals surface area contributed by atoms with Gasteiger partial charge in [-0.25, -0.2) is 4.39 Å². The van der Waals surface area contributed by atoms with Crippen molar-refractivity contribution in [2.75, 3.05) is 7.11 Å². The molecule has 3 aliphatic rings. The Balaban J connectivity index is 1.70. The Kier molecular flexibility index (Phi) is 6.51. The number of phenolic OH excluding ortho intramolecular Hbond substituents is 2. The highest BCUT2D eigenvalue weighted by Crippen LogP contribution is 2.52. The molecule has 0 amide bonds. The summed E-state index contributed by atoms with van der Waals surface area (Å²) in [5.74, 6) is -3.81. The number of ether oxygens (including phenoxy) is 3. The highest BCUT2D eigenvalue weighted by Gasteiger charge is 2.51. The number of ketones is 3. The van der Waals surface area contributed by atoms with E-state index in [0.717, 1.165) is 6.92 Å². The summed E-state index contributed by atoms with van der Waals surface area (Å²) in [5.41, 5.74) is -3.93. The third-order valence-electron chi connectivity index (χ3n) is 7.80. The summed E-state index contributed by atoms with van der Waals surface area (Å²) in [6.45, 7) is 2.46. The monoisotopic (exact) mass is 546 g/mol. The summed E-state index contributed by atoms with van der Waals surface area (Å²) in [6.07, 6.45) is -11.2. The Morgan fingerprint density at radius 1 is 1.08 bits per heavy atom. The maximum Gasteiger partial charge on any atom is 0.202 e. The first kappa shape index (κ1) is 27.2. The van der Waals surface area contributed by atoms with Crippen LogP contribution >= 0.6 is 0 Å². The first-order valence-electron chi connectivity index (χ1n) is 12.2. The van der Waals surface area contributed by atoms with E-state index in [-0.39, 0.29) is 28.0 Å². The van der Waals surface area contributed by atoms with Crippen LogP contribution in [-0.2, 0) is 20.7 Å². The van der Waals surface area contributed by atoms with E-state index >= 15 is 0 Å². The number of benzene rings is 2. The fourth-order valence-electron chi connectivity index (χ4n) is 5.57.